The van der Waals surface area contributed by atoms with Crippen LogP contribution in [-0.4, -0.2) is 5.78 Å². The highest BCUT2D eigenvalue weighted by atomic mass is 16.1. The van der Waals surface area contributed by atoms with E-state index in [1.54, 1.807) is 0 Å². The standard InChI is InChI=1S/C20H22O/c21-20(18-9-5-2-6-10-18)19-14-13-17(15-19)12-11-16-7-3-1-4-8-16/h1,3-4,7-8,11-15,18-19H,2,5-6,9-10H2. The van der Waals surface area contributed by atoms with Crippen molar-refractivity contribution in [2.75, 3.05) is 0 Å². The Balaban J connectivity index is 1.63. The normalized spacial score (nSPS) is 22.7. The Morgan fingerprint density at radius 3 is 2.52 bits per heavy atom. The van der Waals surface area contributed by atoms with Crippen LogP contribution in [0.5, 0.6) is 0 Å². The summed E-state index contributed by atoms with van der Waals surface area (Å²) in [5.74, 6) is 0.722. The van der Waals surface area contributed by atoms with Crippen molar-refractivity contribution in [3.8, 4) is 0 Å². The summed E-state index contributed by atoms with van der Waals surface area (Å²) in [6, 6.07) is 10.3. The van der Waals surface area contributed by atoms with Gasteiger partial charge >= 0.3 is 0 Å². The average Bonchev–Trinajstić information content (AvgIpc) is 3.03. The van der Waals surface area contributed by atoms with E-state index in [-0.39, 0.29) is 5.92 Å². The summed E-state index contributed by atoms with van der Waals surface area (Å²) in [6.45, 7) is 0. The van der Waals surface area contributed by atoms with Crippen LogP contribution in [-0.2, 0) is 4.79 Å². The van der Waals surface area contributed by atoms with Gasteiger partial charge in [0.15, 0.2) is 0 Å². The number of benzene rings is 1. The number of allylic oxidation sites excluding steroid dienone is 5. The molecule has 0 saturated heterocycles. The maximum Gasteiger partial charge on any atom is 0.146 e. The van der Waals surface area contributed by atoms with Crippen LogP contribution in [0.3, 0.4) is 0 Å². The Bertz CT molecular complexity index is 571. The van der Waals surface area contributed by atoms with Crippen LogP contribution in [0.2, 0.25) is 0 Å². The Labute approximate surface area is 127 Å². The number of carbonyl (C=O) groups is 1. The van der Waals surface area contributed by atoms with Crippen molar-refractivity contribution in [2.45, 2.75) is 32.1 Å². The molecular weight excluding hydrogens is 256 g/mol. The van der Waals surface area contributed by atoms with E-state index < -0.39 is 0 Å². The summed E-state index contributed by atoms with van der Waals surface area (Å²) in [6.07, 6.45) is 16.4. The van der Waals surface area contributed by atoms with Crippen molar-refractivity contribution in [3.05, 3.63) is 65.8 Å². The number of hydrogen-bond acceptors (Lipinski definition) is 1. The van der Waals surface area contributed by atoms with Gasteiger partial charge in [-0.15, -0.1) is 0 Å². The van der Waals surface area contributed by atoms with E-state index in [0.29, 0.717) is 11.7 Å². The molecule has 1 unspecified atom stereocenters. The topological polar surface area (TPSA) is 17.1 Å². The monoisotopic (exact) mass is 278 g/mol. The number of rotatable bonds is 4. The molecule has 2 aliphatic carbocycles. The van der Waals surface area contributed by atoms with E-state index in [0.717, 1.165) is 18.4 Å². The zero-order valence-electron chi connectivity index (χ0n) is 12.4. The first kappa shape index (κ1) is 14.1. The Kier molecular flexibility index (Phi) is 4.49. The zero-order chi connectivity index (χ0) is 14.5. The Morgan fingerprint density at radius 1 is 1.00 bits per heavy atom. The highest BCUT2D eigenvalue weighted by Crippen LogP contribution is 2.30. The van der Waals surface area contributed by atoms with Crippen LogP contribution >= 0.6 is 0 Å². The van der Waals surface area contributed by atoms with Gasteiger partial charge in [0.2, 0.25) is 0 Å². The fourth-order valence-electron chi connectivity index (χ4n) is 3.24. The molecular formula is C20H22O. The van der Waals surface area contributed by atoms with Crippen LogP contribution in [0.1, 0.15) is 37.7 Å². The SMILES string of the molecule is O=C(C1C=CC(C=Cc2ccccc2)=C1)C1CCCCC1. The molecule has 0 radical (unpaired) electrons. The molecule has 1 aromatic rings. The lowest BCUT2D eigenvalue weighted by molar-refractivity contribution is -0.125. The summed E-state index contributed by atoms with van der Waals surface area (Å²) in [7, 11) is 0. The molecule has 0 heterocycles. The van der Waals surface area contributed by atoms with Gasteiger partial charge in [-0.1, -0.05) is 80.0 Å². The summed E-state index contributed by atoms with van der Waals surface area (Å²) >= 11 is 0. The summed E-state index contributed by atoms with van der Waals surface area (Å²) in [5.41, 5.74) is 2.34. The van der Waals surface area contributed by atoms with E-state index in [1.807, 2.05) is 18.2 Å². The maximum absolute atomic E-state index is 12.5. The van der Waals surface area contributed by atoms with Gasteiger partial charge in [0.25, 0.3) is 0 Å². The largest absolute Gasteiger partial charge is 0.298 e. The van der Waals surface area contributed by atoms with E-state index in [1.165, 1.54) is 24.8 Å². The lowest BCUT2D eigenvalue weighted by Crippen LogP contribution is -2.22. The maximum atomic E-state index is 12.5. The fraction of sp³-hybridized carbons (Fsp3) is 0.350. The van der Waals surface area contributed by atoms with Gasteiger partial charge in [-0.2, -0.15) is 0 Å². The molecule has 0 bridgehead atoms. The van der Waals surface area contributed by atoms with Crippen molar-refractivity contribution < 1.29 is 4.79 Å². The number of carbonyl (C=O) groups excluding carboxylic acids is 1. The van der Waals surface area contributed by atoms with Gasteiger partial charge in [-0.25, -0.2) is 0 Å². The molecule has 3 rings (SSSR count). The van der Waals surface area contributed by atoms with Crippen molar-refractivity contribution in [2.24, 2.45) is 11.8 Å². The molecule has 1 nitrogen and oxygen atoms in total. The third-order valence-corrected chi connectivity index (χ3v) is 4.47. The van der Waals surface area contributed by atoms with E-state index in [2.05, 4.69) is 42.5 Å². The molecule has 0 aromatic heterocycles. The summed E-state index contributed by atoms with van der Waals surface area (Å²) < 4.78 is 0. The Morgan fingerprint density at radius 2 is 1.76 bits per heavy atom. The van der Waals surface area contributed by atoms with E-state index in [9.17, 15) is 4.79 Å². The quantitative estimate of drug-likeness (QED) is 0.760. The molecule has 1 aromatic carbocycles. The molecule has 1 fully saturated rings. The van der Waals surface area contributed by atoms with Crippen molar-refractivity contribution in [1.82, 2.24) is 0 Å². The lowest BCUT2D eigenvalue weighted by atomic mass is 9.82. The van der Waals surface area contributed by atoms with Crippen LogP contribution < -0.4 is 0 Å². The second kappa shape index (κ2) is 6.71. The van der Waals surface area contributed by atoms with E-state index >= 15 is 0 Å². The lowest BCUT2D eigenvalue weighted by Gasteiger charge is -2.21. The van der Waals surface area contributed by atoms with Gasteiger partial charge in [0.1, 0.15) is 5.78 Å². The first-order valence-electron chi connectivity index (χ1n) is 8.00. The minimum atomic E-state index is 0.00326. The molecule has 1 atom stereocenters. The van der Waals surface area contributed by atoms with E-state index in [4.69, 9.17) is 0 Å². The van der Waals surface area contributed by atoms with Crippen LogP contribution in [0, 0.1) is 11.8 Å². The minimum Gasteiger partial charge on any atom is -0.298 e. The first-order valence-corrected chi connectivity index (χ1v) is 8.00. The molecule has 1 heteroatoms. The minimum absolute atomic E-state index is 0.00326. The highest BCUT2D eigenvalue weighted by molar-refractivity contribution is 5.88. The van der Waals surface area contributed by atoms with Crippen molar-refractivity contribution in [3.63, 3.8) is 0 Å². The number of Topliss-reactive ketones (excluding diaryl/α,β-unsaturated/α-hetero) is 1. The van der Waals surface area contributed by atoms with Gasteiger partial charge in [-0.05, 0) is 24.0 Å². The molecule has 0 spiro atoms. The zero-order valence-corrected chi connectivity index (χ0v) is 12.4. The molecule has 2 aliphatic rings. The van der Waals surface area contributed by atoms with Gasteiger partial charge in [0, 0.05) is 5.92 Å². The van der Waals surface area contributed by atoms with Crippen LogP contribution in [0.15, 0.2) is 60.2 Å². The van der Waals surface area contributed by atoms with Gasteiger partial charge in [0.05, 0.1) is 5.92 Å². The highest BCUT2D eigenvalue weighted by Gasteiger charge is 2.26. The smallest absolute Gasteiger partial charge is 0.146 e. The predicted molar refractivity (Wildman–Crippen MR) is 87.8 cm³/mol. The molecule has 21 heavy (non-hydrogen) atoms. The van der Waals surface area contributed by atoms with Crippen molar-refractivity contribution >= 4 is 11.9 Å². The Hall–Kier alpha value is -1.89. The van der Waals surface area contributed by atoms with Crippen molar-refractivity contribution in [1.29, 1.82) is 0 Å². The van der Waals surface area contributed by atoms with Gasteiger partial charge < -0.3 is 0 Å². The predicted octanol–water partition coefficient (Wildman–Crippen LogP) is 4.96. The van der Waals surface area contributed by atoms with Crippen LogP contribution in [0.25, 0.3) is 6.08 Å². The van der Waals surface area contributed by atoms with Crippen LogP contribution in [0.4, 0.5) is 0 Å². The third-order valence-electron chi connectivity index (χ3n) is 4.47. The number of ketones is 1. The summed E-state index contributed by atoms with van der Waals surface area (Å²) in [5, 5.41) is 0. The van der Waals surface area contributed by atoms with Gasteiger partial charge in [-0.3, -0.25) is 4.79 Å². The first-order chi connectivity index (χ1) is 10.3. The summed E-state index contributed by atoms with van der Waals surface area (Å²) in [4.78, 5) is 12.5. The second-order valence-electron chi connectivity index (χ2n) is 6.03. The molecule has 0 N–H and O–H groups in total. The molecule has 1 saturated carbocycles. The number of hydrogen-bond donors (Lipinski definition) is 0. The third kappa shape index (κ3) is 3.60. The molecule has 0 aliphatic heterocycles. The second-order valence-corrected chi connectivity index (χ2v) is 6.03. The molecule has 0 amide bonds. The molecule has 108 valence electrons. The fourth-order valence-corrected chi connectivity index (χ4v) is 3.24. The average molecular weight is 278 g/mol.